The molecule has 0 saturated heterocycles. The van der Waals surface area contributed by atoms with Crippen LogP contribution < -0.4 is 5.32 Å². The number of rotatable bonds is 6. The number of anilines is 1. The lowest BCUT2D eigenvalue weighted by Crippen LogP contribution is -2.07. The molecule has 0 amide bonds. The first-order chi connectivity index (χ1) is 11.4. The molecule has 0 saturated carbocycles. The molecule has 6 nitrogen and oxygen atoms in total. The van der Waals surface area contributed by atoms with E-state index in [0.717, 1.165) is 17.0 Å². The highest BCUT2D eigenvalue weighted by molar-refractivity contribution is 5.64. The van der Waals surface area contributed by atoms with Crippen molar-refractivity contribution in [2.24, 2.45) is 0 Å². The quantitative estimate of drug-likeness (QED) is 0.680. The molecule has 0 spiro atoms. The smallest absolute Gasteiger partial charge is 0.163 e. The number of nitrogens with one attached hydrogen (secondary N) is 1. The van der Waals surface area contributed by atoms with E-state index in [9.17, 15) is 0 Å². The maximum atomic E-state index is 8.92. The van der Waals surface area contributed by atoms with Crippen LogP contribution >= 0.6 is 0 Å². The van der Waals surface area contributed by atoms with Crippen LogP contribution in [0, 0.1) is 0 Å². The minimum Gasteiger partial charge on any atom is -0.396 e. The van der Waals surface area contributed by atoms with Crippen molar-refractivity contribution in [1.29, 1.82) is 0 Å². The summed E-state index contributed by atoms with van der Waals surface area (Å²) >= 11 is 0. The van der Waals surface area contributed by atoms with Gasteiger partial charge in [0, 0.05) is 43.4 Å². The van der Waals surface area contributed by atoms with Gasteiger partial charge in [0.05, 0.1) is 11.4 Å². The van der Waals surface area contributed by atoms with E-state index in [1.807, 2.05) is 36.4 Å². The van der Waals surface area contributed by atoms with Gasteiger partial charge in [-0.05, 0) is 30.7 Å². The number of pyridine rings is 2. The number of aliphatic hydroxyl groups excluding tert-OH is 1. The first kappa shape index (κ1) is 15.1. The summed E-state index contributed by atoms with van der Waals surface area (Å²) in [4.78, 5) is 17.6. The second kappa shape index (κ2) is 7.42. The van der Waals surface area contributed by atoms with E-state index >= 15 is 0 Å². The predicted octanol–water partition coefficient (Wildman–Crippen LogP) is 2.39. The molecular weight excluding hydrogens is 290 g/mol. The number of nitrogens with zero attached hydrogens (tertiary/aromatic N) is 4. The molecule has 0 radical (unpaired) electrons. The van der Waals surface area contributed by atoms with Crippen molar-refractivity contribution in [2.75, 3.05) is 18.5 Å². The van der Waals surface area contributed by atoms with Crippen molar-refractivity contribution in [3.05, 3.63) is 55.0 Å². The third kappa shape index (κ3) is 3.87. The molecule has 0 aliphatic heterocycles. The van der Waals surface area contributed by atoms with Crippen LogP contribution in [0.5, 0.6) is 0 Å². The number of aromatic nitrogens is 4. The maximum absolute atomic E-state index is 8.92. The van der Waals surface area contributed by atoms with Gasteiger partial charge in [-0.1, -0.05) is 6.07 Å². The summed E-state index contributed by atoms with van der Waals surface area (Å²) in [6.45, 7) is 0.780. The molecule has 0 bridgehead atoms. The van der Waals surface area contributed by atoms with Crippen LogP contribution in [0.1, 0.15) is 6.42 Å². The Kier molecular flexibility index (Phi) is 4.85. The van der Waals surface area contributed by atoms with Crippen LogP contribution in [-0.2, 0) is 0 Å². The molecule has 0 aliphatic rings. The van der Waals surface area contributed by atoms with Crippen molar-refractivity contribution in [2.45, 2.75) is 6.42 Å². The average Bonchev–Trinajstić information content (AvgIpc) is 2.63. The molecule has 3 aromatic heterocycles. The molecule has 0 unspecified atom stereocenters. The molecule has 3 heterocycles. The van der Waals surface area contributed by atoms with Gasteiger partial charge >= 0.3 is 0 Å². The van der Waals surface area contributed by atoms with E-state index in [4.69, 9.17) is 5.11 Å². The van der Waals surface area contributed by atoms with Gasteiger partial charge < -0.3 is 10.4 Å². The Labute approximate surface area is 134 Å². The predicted molar refractivity (Wildman–Crippen MR) is 88.7 cm³/mol. The monoisotopic (exact) mass is 307 g/mol. The van der Waals surface area contributed by atoms with Gasteiger partial charge in [0.2, 0.25) is 0 Å². The zero-order chi connectivity index (χ0) is 15.9. The molecule has 2 N–H and O–H groups in total. The lowest BCUT2D eigenvalue weighted by atomic mass is 10.2. The van der Waals surface area contributed by atoms with Gasteiger partial charge in [0.1, 0.15) is 5.82 Å². The number of hydrogen-bond donors (Lipinski definition) is 2. The topological polar surface area (TPSA) is 83.8 Å². The van der Waals surface area contributed by atoms with Gasteiger partial charge in [0.25, 0.3) is 0 Å². The Bertz CT molecular complexity index is 692. The molecule has 6 heteroatoms. The van der Waals surface area contributed by atoms with Crippen LogP contribution in [0.3, 0.4) is 0 Å². The second-order valence-corrected chi connectivity index (χ2v) is 4.92. The summed E-state index contributed by atoms with van der Waals surface area (Å²) in [6.07, 6.45) is 5.84. The fraction of sp³-hybridized carbons (Fsp3) is 0.176. The van der Waals surface area contributed by atoms with Crippen LogP contribution in [0.2, 0.25) is 0 Å². The lowest BCUT2D eigenvalue weighted by molar-refractivity contribution is 0.292. The van der Waals surface area contributed by atoms with Gasteiger partial charge in [-0.25, -0.2) is 9.97 Å². The SMILES string of the molecule is OCCCNc1cc(-c2ccccn2)nc(-c2cccnc2)n1. The van der Waals surface area contributed by atoms with E-state index in [1.165, 1.54) is 0 Å². The summed E-state index contributed by atoms with van der Waals surface area (Å²) in [5, 5.41) is 12.1. The standard InChI is InChI=1S/C17H17N5O/c23-10-4-9-20-16-11-15(14-6-1-2-8-19-14)21-17(22-16)13-5-3-7-18-12-13/h1-3,5-8,11-12,23H,4,9-10H2,(H,20,21,22). The molecule has 0 aromatic carbocycles. The van der Waals surface area contributed by atoms with E-state index in [2.05, 4.69) is 25.3 Å². The van der Waals surface area contributed by atoms with Crippen molar-refractivity contribution in [3.8, 4) is 22.8 Å². The highest BCUT2D eigenvalue weighted by atomic mass is 16.3. The summed E-state index contributed by atoms with van der Waals surface area (Å²) in [6, 6.07) is 11.3. The summed E-state index contributed by atoms with van der Waals surface area (Å²) in [5.74, 6) is 1.29. The average molecular weight is 307 g/mol. The fourth-order valence-electron chi connectivity index (χ4n) is 2.10. The Balaban J connectivity index is 2.00. The zero-order valence-corrected chi connectivity index (χ0v) is 12.6. The highest BCUT2D eigenvalue weighted by Crippen LogP contribution is 2.22. The molecule has 23 heavy (non-hydrogen) atoms. The van der Waals surface area contributed by atoms with Gasteiger partial charge in [-0.15, -0.1) is 0 Å². The number of hydrogen-bond acceptors (Lipinski definition) is 6. The normalized spacial score (nSPS) is 10.5. The van der Waals surface area contributed by atoms with E-state index < -0.39 is 0 Å². The van der Waals surface area contributed by atoms with E-state index in [1.54, 1.807) is 18.6 Å². The van der Waals surface area contributed by atoms with Gasteiger partial charge in [-0.2, -0.15) is 0 Å². The second-order valence-electron chi connectivity index (χ2n) is 4.92. The first-order valence-electron chi connectivity index (χ1n) is 7.42. The van der Waals surface area contributed by atoms with Crippen LogP contribution in [-0.4, -0.2) is 38.2 Å². The molecular formula is C17H17N5O. The van der Waals surface area contributed by atoms with E-state index in [0.29, 0.717) is 24.6 Å². The van der Waals surface area contributed by atoms with Crippen LogP contribution in [0.15, 0.2) is 55.0 Å². The zero-order valence-electron chi connectivity index (χ0n) is 12.6. The lowest BCUT2D eigenvalue weighted by Gasteiger charge is -2.09. The Hall–Kier alpha value is -2.86. The van der Waals surface area contributed by atoms with Crippen LogP contribution in [0.25, 0.3) is 22.8 Å². The molecule has 0 atom stereocenters. The Morgan fingerprint density at radius 1 is 1.00 bits per heavy atom. The van der Waals surface area contributed by atoms with Gasteiger partial charge in [-0.3, -0.25) is 9.97 Å². The molecule has 116 valence electrons. The third-order valence-corrected chi connectivity index (χ3v) is 3.21. The Morgan fingerprint density at radius 3 is 2.70 bits per heavy atom. The molecule has 0 fully saturated rings. The summed E-state index contributed by atoms with van der Waals surface area (Å²) in [5.41, 5.74) is 2.37. The molecule has 3 rings (SSSR count). The highest BCUT2D eigenvalue weighted by Gasteiger charge is 2.09. The summed E-state index contributed by atoms with van der Waals surface area (Å²) < 4.78 is 0. The molecule has 3 aromatic rings. The first-order valence-corrected chi connectivity index (χ1v) is 7.42. The fourth-order valence-corrected chi connectivity index (χ4v) is 2.10. The summed E-state index contributed by atoms with van der Waals surface area (Å²) in [7, 11) is 0. The van der Waals surface area contributed by atoms with Crippen molar-refractivity contribution < 1.29 is 5.11 Å². The van der Waals surface area contributed by atoms with Crippen molar-refractivity contribution >= 4 is 5.82 Å². The number of aliphatic hydroxyl groups is 1. The van der Waals surface area contributed by atoms with Crippen LogP contribution in [0.4, 0.5) is 5.82 Å². The minimum atomic E-state index is 0.140. The third-order valence-electron chi connectivity index (χ3n) is 3.21. The maximum Gasteiger partial charge on any atom is 0.163 e. The van der Waals surface area contributed by atoms with Crippen molar-refractivity contribution in [3.63, 3.8) is 0 Å². The Morgan fingerprint density at radius 2 is 1.96 bits per heavy atom. The molecule has 0 aliphatic carbocycles. The largest absolute Gasteiger partial charge is 0.396 e. The minimum absolute atomic E-state index is 0.140. The van der Waals surface area contributed by atoms with E-state index in [-0.39, 0.29) is 6.61 Å². The van der Waals surface area contributed by atoms with Crippen molar-refractivity contribution in [1.82, 2.24) is 19.9 Å². The van der Waals surface area contributed by atoms with Gasteiger partial charge in [0.15, 0.2) is 5.82 Å².